The van der Waals surface area contributed by atoms with Gasteiger partial charge >= 0.3 is 12.2 Å². The van der Waals surface area contributed by atoms with Crippen molar-refractivity contribution in [1.82, 2.24) is 10.6 Å². The first-order chi connectivity index (χ1) is 11.7. The van der Waals surface area contributed by atoms with Crippen molar-refractivity contribution in [3.05, 3.63) is 23.3 Å². The number of alkyl halides is 3. The summed E-state index contributed by atoms with van der Waals surface area (Å²) in [4.78, 5) is 23.9. The van der Waals surface area contributed by atoms with E-state index < -0.39 is 40.7 Å². The molecular formula is C16H19F3N2O4. The Labute approximate surface area is 142 Å². The van der Waals surface area contributed by atoms with Crippen molar-refractivity contribution in [3.8, 4) is 11.5 Å². The van der Waals surface area contributed by atoms with Gasteiger partial charge < -0.3 is 15.2 Å². The molecule has 6 nitrogen and oxygen atoms in total. The highest BCUT2D eigenvalue weighted by Crippen LogP contribution is 2.38. The lowest BCUT2D eigenvalue weighted by Gasteiger charge is -2.22. The zero-order chi connectivity index (χ0) is 18.6. The number of hydrogen-bond donors (Lipinski definition) is 3. The standard InChI is InChI=1S/C16H19F3N2O4/c1-25-13-8-11(16(17,18)19)10(7-12(13)22)14(23)21-15(24)20-9-5-3-2-4-6-9/h7-9,22H,2-6H2,1H3,(H2,20,21,23,24). The van der Waals surface area contributed by atoms with Crippen LogP contribution in [0.2, 0.25) is 0 Å². The summed E-state index contributed by atoms with van der Waals surface area (Å²) in [6.07, 6.45) is -0.364. The number of halogens is 3. The Balaban J connectivity index is 2.17. The number of phenolic OH excluding ortho intramolecular Hbond substituents is 1. The maximum absolute atomic E-state index is 13.1. The Hall–Kier alpha value is -2.45. The number of benzene rings is 1. The number of nitrogens with one attached hydrogen (secondary N) is 2. The fourth-order valence-corrected chi connectivity index (χ4v) is 2.79. The van der Waals surface area contributed by atoms with Gasteiger partial charge in [0.05, 0.1) is 18.2 Å². The molecule has 138 valence electrons. The van der Waals surface area contributed by atoms with Crippen molar-refractivity contribution < 1.29 is 32.6 Å². The van der Waals surface area contributed by atoms with Crippen LogP contribution in [0.15, 0.2) is 12.1 Å². The van der Waals surface area contributed by atoms with Crippen LogP contribution in [-0.2, 0) is 6.18 Å². The molecule has 1 saturated carbocycles. The minimum atomic E-state index is -4.85. The molecular weight excluding hydrogens is 341 g/mol. The monoisotopic (exact) mass is 360 g/mol. The molecule has 0 unspecified atom stereocenters. The summed E-state index contributed by atoms with van der Waals surface area (Å²) in [7, 11) is 1.09. The van der Waals surface area contributed by atoms with E-state index in [-0.39, 0.29) is 6.04 Å². The average Bonchev–Trinajstić information content (AvgIpc) is 2.54. The highest BCUT2D eigenvalue weighted by atomic mass is 19.4. The van der Waals surface area contributed by atoms with Crippen molar-refractivity contribution in [2.75, 3.05) is 7.11 Å². The Kier molecular flexibility index (Phi) is 5.76. The van der Waals surface area contributed by atoms with Crippen molar-refractivity contribution in [2.45, 2.75) is 44.3 Å². The number of ether oxygens (including phenoxy) is 1. The lowest BCUT2D eigenvalue weighted by Crippen LogP contribution is -2.45. The smallest absolute Gasteiger partial charge is 0.417 e. The van der Waals surface area contributed by atoms with Crippen LogP contribution in [-0.4, -0.2) is 30.2 Å². The molecule has 1 fully saturated rings. The number of amides is 3. The molecule has 9 heteroatoms. The van der Waals surface area contributed by atoms with Crippen molar-refractivity contribution in [1.29, 1.82) is 0 Å². The molecule has 1 aliphatic rings. The summed E-state index contributed by atoms with van der Waals surface area (Å²) in [6.45, 7) is 0. The van der Waals surface area contributed by atoms with Crippen LogP contribution in [0.4, 0.5) is 18.0 Å². The second-order valence-electron chi connectivity index (χ2n) is 5.83. The Bertz CT molecular complexity index is 656. The molecule has 0 spiro atoms. The maximum atomic E-state index is 13.1. The third kappa shape index (κ3) is 4.77. The summed E-state index contributed by atoms with van der Waals surface area (Å²) >= 11 is 0. The van der Waals surface area contributed by atoms with Crippen molar-refractivity contribution in [3.63, 3.8) is 0 Å². The molecule has 1 aliphatic carbocycles. The van der Waals surface area contributed by atoms with Gasteiger partial charge in [-0.2, -0.15) is 13.2 Å². The van der Waals surface area contributed by atoms with Gasteiger partial charge in [-0.05, 0) is 25.0 Å². The molecule has 0 radical (unpaired) electrons. The normalized spacial score (nSPS) is 15.5. The van der Waals surface area contributed by atoms with E-state index in [1.807, 2.05) is 5.32 Å². The first-order valence-corrected chi connectivity index (χ1v) is 7.82. The van der Waals surface area contributed by atoms with Gasteiger partial charge in [-0.15, -0.1) is 0 Å². The predicted octanol–water partition coefficient (Wildman–Crippen LogP) is 3.19. The maximum Gasteiger partial charge on any atom is 0.417 e. The lowest BCUT2D eigenvalue weighted by molar-refractivity contribution is -0.138. The van der Waals surface area contributed by atoms with E-state index in [0.717, 1.165) is 39.2 Å². The van der Waals surface area contributed by atoms with E-state index in [1.54, 1.807) is 0 Å². The van der Waals surface area contributed by atoms with Crippen molar-refractivity contribution in [2.24, 2.45) is 0 Å². The van der Waals surface area contributed by atoms with Gasteiger partial charge in [-0.25, -0.2) is 4.79 Å². The van der Waals surface area contributed by atoms with E-state index in [4.69, 9.17) is 0 Å². The van der Waals surface area contributed by atoms with Gasteiger partial charge in [0, 0.05) is 6.04 Å². The zero-order valence-electron chi connectivity index (χ0n) is 13.6. The molecule has 0 aromatic heterocycles. The van der Waals surface area contributed by atoms with Crippen LogP contribution in [0.1, 0.15) is 48.0 Å². The first kappa shape index (κ1) is 18.9. The molecule has 1 aromatic rings. The van der Waals surface area contributed by atoms with E-state index in [1.165, 1.54) is 0 Å². The number of rotatable bonds is 3. The highest BCUT2D eigenvalue weighted by Gasteiger charge is 2.37. The largest absolute Gasteiger partial charge is 0.504 e. The molecule has 0 aliphatic heterocycles. The fourth-order valence-electron chi connectivity index (χ4n) is 2.79. The number of urea groups is 1. The summed E-state index contributed by atoms with van der Waals surface area (Å²) < 4.78 is 44.1. The fraction of sp³-hybridized carbons (Fsp3) is 0.500. The lowest BCUT2D eigenvalue weighted by atomic mass is 9.96. The summed E-state index contributed by atoms with van der Waals surface area (Å²) in [5.74, 6) is -2.30. The van der Waals surface area contributed by atoms with Gasteiger partial charge in [-0.1, -0.05) is 19.3 Å². The Morgan fingerprint density at radius 3 is 2.40 bits per heavy atom. The van der Waals surface area contributed by atoms with Gasteiger partial charge in [0.1, 0.15) is 0 Å². The first-order valence-electron chi connectivity index (χ1n) is 7.82. The molecule has 3 N–H and O–H groups in total. The predicted molar refractivity (Wildman–Crippen MR) is 82.5 cm³/mol. The molecule has 0 saturated heterocycles. The van der Waals surface area contributed by atoms with Crippen LogP contribution in [0.25, 0.3) is 0 Å². The minimum absolute atomic E-state index is 0.104. The third-order valence-corrected chi connectivity index (χ3v) is 4.04. The number of imide groups is 1. The van der Waals surface area contributed by atoms with E-state index in [2.05, 4.69) is 10.1 Å². The molecule has 0 heterocycles. The number of hydrogen-bond acceptors (Lipinski definition) is 4. The van der Waals surface area contributed by atoms with Crippen LogP contribution < -0.4 is 15.4 Å². The highest BCUT2D eigenvalue weighted by molar-refractivity contribution is 6.05. The van der Waals surface area contributed by atoms with Crippen LogP contribution >= 0.6 is 0 Å². The van der Waals surface area contributed by atoms with Gasteiger partial charge in [-0.3, -0.25) is 10.1 Å². The summed E-state index contributed by atoms with van der Waals surface area (Å²) in [6, 6.07) is 0.182. The number of carbonyl (C=O) groups excluding carboxylic acids is 2. The van der Waals surface area contributed by atoms with Gasteiger partial charge in [0.25, 0.3) is 5.91 Å². The number of aromatic hydroxyl groups is 1. The van der Waals surface area contributed by atoms with Crippen LogP contribution in [0, 0.1) is 0 Å². The van der Waals surface area contributed by atoms with E-state index >= 15 is 0 Å². The van der Waals surface area contributed by atoms with Crippen molar-refractivity contribution >= 4 is 11.9 Å². The molecule has 2 rings (SSSR count). The topological polar surface area (TPSA) is 87.7 Å². The molecule has 3 amide bonds. The number of phenols is 1. The Morgan fingerprint density at radius 2 is 1.84 bits per heavy atom. The second kappa shape index (κ2) is 7.62. The summed E-state index contributed by atoms with van der Waals surface area (Å²) in [5, 5.41) is 14.1. The second-order valence-corrected chi connectivity index (χ2v) is 5.83. The SMILES string of the molecule is COc1cc(C(F)(F)F)c(C(=O)NC(=O)NC2CCCCC2)cc1O. The van der Waals surface area contributed by atoms with Gasteiger partial charge in [0.15, 0.2) is 11.5 Å². The van der Waals surface area contributed by atoms with Gasteiger partial charge in [0.2, 0.25) is 0 Å². The van der Waals surface area contributed by atoms with Crippen LogP contribution in [0.5, 0.6) is 11.5 Å². The number of methoxy groups -OCH3 is 1. The van der Waals surface area contributed by atoms with Crippen LogP contribution in [0.3, 0.4) is 0 Å². The minimum Gasteiger partial charge on any atom is -0.504 e. The molecule has 0 bridgehead atoms. The average molecular weight is 360 g/mol. The Morgan fingerprint density at radius 1 is 1.20 bits per heavy atom. The quantitative estimate of drug-likeness (QED) is 0.773. The number of carbonyl (C=O) groups is 2. The molecule has 0 atom stereocenters. The van der Waals surface area contributed by atoms with E-state index in [9.17, 15) is 27.9 Å². The third-order valence-electron chi connectivity index (χ3n) is 4.04. The van der Waals surface area contributed by atoms with E-state index in [0.29, 0.717) is 12.1 Å². The summed E-state index contributed by atoms with van der Waals surface area (Å²) in [5.41, 5.74) is -2.16. The molecule has 1 aromatic carbocycles. The molecule has 25 heavy (non-hydrogen) atoms. The zero-order valence-corrected chi connectivity index (χ0v) is 13.6.